The molecule has 1 aliphatic rings. The van der Waals surface area contributed by atoms with Gasteiger partial charge in [-0.3, -0.25) is 4.57 Å². The molecule has 0 atom stereocenters. The predicted octanol–water partition coefficient (Wildman–Crippen LogP) is 4.42. The number of aromatic nitrogens is 2. The van der Waals surface area contributed by atoms with E-state index in [4.69, 9.17) is 4.74 Å². The van der Waals surface area contributed by atoms with Crippen molar-refractivity contribution < 1.29 is 9.53 Å². The lowest BCUT2D eigenvalue weighted by molar-refractivity contribution is 0.197. The molecule has 3 aromatic rings. The molecule has 0 bridgehead atoms. The Morgan fingerprint density at radius 3 is 2.67 bits per heavy atom. The number of fused-ring (bicyclic) bond motifs is 1. The molecule has 1 fully saturated rings. The third-order valence-electron chi connectivity index (χ3n) is 5.25. The van der Waals surface area contributed by atoms with Crippen molar-refractivity contribution >= 4 is 44.4 Å². The average molecular weight is 472 g/mol. The van der Waals surface area contributed by atoms with Gasteiger partial charge in [0.15, 0.2) is 5.82 Å². The van der Waals surface area contributed by atoms with E-state index in [1.807, 2.05) is 41.6 Å². The fourth-order valence-corrected chi connectivity index (χ4v) is 4.32. The lowest BCUT2D eigenvalue weighted by Gasteiger charge is -2.36. The highest BCUT2D eigenvalue weighted by molar-refractivity contribution is 9.10. The third kappa shape index (κ3) is 3.96. The van der Waals surface area contributed by atoms with Gasteiger partial charge in [0, 0.05) is 56.1 Å². The molecule has 0 unspecified atom stereocenters. The Balaban J connectivity index is 1.50. The number of rotatable bonds is 4. The van der Waals surface area contributed by atoms with E-state index < -0.39 is 0 Å². The van der Waals surface area contributed by atoms with E-state index >= 15 is 0 Å². The van der Waals surface area contributed by atoms with Crippen LogP contribution < -0.4 is 15.0 Å². The van der Waals surface area contributed by atoms with Crippen molar-refractivity contribution in [1.29, 1.82) is 0 Å². The van der Waals surface area contributed by atoms with Gasteiger partial charge in [-0.1, -0.05) is 0 Å². The van der Waals surface area contributed by atoms with E-state index in [1.54, 1.807) is 11.7 Å². The molecule has 0 aliphatic carbocycles. The molecule has 30 heavy (non-hydrogen) atoms. The molecule has 7 nitrogen and oxygen atoms in total. The van der Waals surface area contributed by atoms with Crippen molar-refractivity contribution in [3.8, 4) is 5.75 Å². The first-order valence-electron chi connectivity index (χ1n) is 10.1. The van der Waals surface area contributed by atoms with Gasteiger partial charge in [-0.25, -0.2) is 9.78 Å². The summed E-state index contributed by atoms with van der Waals surface area (Å²) in [4.78, 5) is 21.9. The second-order valence-corrected chi connectivity index (χ2v) is 8.52. The van der Waals surface area contributed by atoms with E-state index in [0.717, 1.165) is 40.0 Å². The summed E-state index contributed by atoms with van der Waals surface area (Å²) in [7, 11) is 1.63. The van der Waals surface area contributed by atoms with Gasteiger partial charge in [-0.15, -0.1) is 0 Å². The Kier molecular flexibility index (Phi) is 5.85. The number of pyridine rings is 1. The maximum Gasteiger partial charge on any atom is 0.328 e. The SMILES string of the molecule is COc1cc2c(ccn2C(=O)N2CCN(c3ncccc3NC(C)C)CC2)cc1Br. The fraction of sp³-hybridized carbons (Fsp3) is 0.364. The highest BCUT2D eigenvalue weighted by Gasteiger charge is 2.25. The predicted molar refractivity (Wildman–Crippen MR) is 124 cm³/mol. The van der Waals surface area contributed by atoms with Gasteiger partial charge >= 0.3 is 6.03 Å². The van der Waals surface area contributed by atoms with Crippen LogP contribution in [-0.4, -0.2) is 59.8 Å². The first-order chi connectivity index (χ1) is 14.5. The number of methoxy groups -OCH3 is 1. The molecule has 1 amide bonds. The molecule has 158 valence electrons. The van der Waals surface area contributed by atoms with Crippen LogP contribution in [0.4, 0.5) is 16.3 Å². The van der Waals surface area contributed by atoms with E-state index in [0.29, 0.717) is 24.9 Å². The molecular formula is C22H26BrN5O2. The Labute approximate surface area is 184 Å². The van der Waals surface area contributed by atoms with Crippen LogP contribution in [-0.2, 0) is 0 Å². The first-order valence-corrected chi connectivity index (χ1v) is 10.9. The number of benzene rings is 1. The Morgan fingerprint density at radius 2 is 1.97 bits per heavy atom. The largest absolute Gasteiger partial charge is 0.495 e. The average Bonchev–Trinajstić information content (AvgIpc) is 3.15. The monoisotopic (exact) mass is 471 g/mol. The van der Waals surface area contributed by atoms with Crippen molar-refractivity contribution in [1.82, 2.24) is 14.5 Å². The minimum Gasteiger partial charge on any atom is -0.495 e. The van der Waals surface area contributed by atoms with Crippen molar-refractivity contribution in [3.05, 3.63) is 47.2 Å². The van der Waals surface area contributed by atoms with Crippen LogP contribution in [0.3, 0.4) is 0 Å². The number of ether oxygens (including phenoxy) is 1. The molecule has 1 aromatic carbocycles. The number of amides is 1. The van der Waals surface area contributed by atoms with Crippen LogP contribution in [0.2, 0.25) is 0 Å². The summed E-state index contributed by atoms with van der Waals surface area (Å²) in [5.74, 6) is 1.65. The molecule has 0 radical (unpaired) electrons. The highest BCUT2D eigenvalue weighted by atomic mass is 79.9. The topological polar surface area (TPSA) is 62.6 Å². The summed E-state index contributed by atoms with van der Waals surface area (Å²) in [6, 6.07) is 10.1. The zero-order valence-electron chi connectivity index (χ0n) is 17.4. The van der Waals surface area contributed by atoms with Gasteiger partial charge < -0.3 is 19.9 Å². The second-order valence-electron chi connectivity index (χ2n) is 7.66. The number of hydrogen-bond acceptors (Lipinski definition) is 5. The smallest absolute Gasteiger partial charge is 0.328 e. The summed E-state index contributed by atoms with van der Waals surface area (Å²) in [6.07, 6.45) is 3.64. The number of nitrogens with zero attached hydrogens (tertiary/aromatic N) is 4. The highest BCUT2D eigenvalue weighted by Crippen LogP contribution is 2.31. The van der Waals surface area contributed by atoms with Crippen LogP contribution in [0.5, 0.6) is 5.75 Å². The number of halogens is 1. The third-order valence-corrected chi connectivity index (χ3v) is 5.87. The number of nitrogens with one attached hydrogen (secondary N) is 1. The lowest BCUT2D eigenvalue weighted by atomic mass is 10.2. The van der Waals surface area contributed by atoms with E-state index in [9.17, 15) is 4.79 Å². The minimum atomic E-state index is -0.0180. The van der Waals surface area contributed by atoms with Gasteiger partial charge in [0.2, 0.25) is 0 Å². The van der Waals surface area contributed by atoms with Gasteiger partial charge in [-0.05, 0) is 54.0 Å². The summed E-state index contributed by atoms with van der Waals surface area (Å²) < 4.78 is 7.97. The molecule has 8 heteroatoms. The quantitative estimate of drug-likeness (QED) is 0.610. The summed E-state index contributed by atoms with van der Waals surface area (Å²) in [5, 5.41) is 4.45. The number of carbonyl (C=O) groups is 1. The molecular weight excluding hydrogens is 446 g/mol. The first kappa shape index (κ1) is 20.5. The fourth-order valence-electron chi connectivity index (χ4n) is 3.79. The standard InChI is InChI=1S/C22H26BrN5O2/c1-15(2)25-18-5-4-7-24-21(18)26-9-11-27(12-10-26)22(29)28-8-6-16-13-17(23)20(30-3)14-19(16)28/h4-8,13-15,25H,9-12H2,1-3H3. The number of hydrogen-bond donors (Lipinski definition) is 1. The maximum absolute atomic E-state index is 13.2. The van der Waals surface area contributed by atoms with E-state index in [1.165, 1.54) is 0 Å². The van der Waals surface area contributed by atoms with Gasteiger partial charge in [0.25, 0.3) is 0 Å². The molecule has 3 heterocycles. The molecule has 4 rings (SSSR count). The van der Waals surface area contributed by atoms with Crippen LogP contribution in [0.1, 0.15) is 13.8 Å². The zero-order chi connectivity index (χ0) is 21.3. The van der Waals surface area contributed by atoms with Crippen LogP contribution in [0.25, 0.3) is 10.9 Å². The normalized spacial score (nSPS) is 14.4. The zero-order valence-corrected chi connectivity index (χ0v) is 19.0. The molecule has 0 spiro atoms. The van der Waals surface area contributed by atoms with Crippen LogP contribution in [0, 0.1) is 0 Å². The number of anilines is 2. The van der Waals surface area contributed by atoms with Gasteiger partial charge in [-0.2, -0.15) is 0 Å². The lowest BCUT2D eigenvalue weighted by Crippen LogP contribution is -2.50. The van der Waals surface area contributed by atoms with Gasteiger partial charge in [0.05, 0.1) is 22.8 Å². The summed E-state index contributed by atoms with van der Waals surface area (Å²) >= 11 is 3.50. The molecule has 0 saturated carbocycles. The van der Waals surface area contributed by atoms with Gasteiger partial charge in [0.1, 0.15) is 5.75 Å². The summed E-state index contributed by atoms with van der Waals surface area (Å²) in [6.45, 7) is 6.99. The Morgan fingerprint density at radius 1 is 1.20 bits per heavy atom. The van der Waals surface area contributed by atoms with Crippen molar-refractivity contribution in [2.24, 2.45) is 0 Å². The van der Waals surface area contributed by atoms with Crippen molar-refractivity contribution in [2.45, 2.75) is 19.9 Å². The van der Waals surface area contributed by atoms with Crippen molar-refractivity contribution in [2.75, 3.05) is 43.5 Å². The second kappa shape index (κ2) is 8.55. The minimum absolute atomic E-state index is 0.0180. The molecule has 2 aromatic heterocycles. The van der Waals surface area contributed by atoms with Crippen LogP contribution >= 0.6 is 15.9 Å². The summed E-state index contributed by atoms with van der Waals surface area (Å²) in [5.41, 5.74) is 1.87. The molecule has 1 saturated heterocycles. The van der Waals surface area contributed by atoms with E-state index in [2.05, 4.69) is 51.0 Å². The molecule has 1 aliphatic heterocycles. The Bertz CT molecular complexity index is 1060. The van der Waals surface area contributed by atoms with E-state index in [-0.39, 0.29) is 6.03 Å². The number of piperazine rings is 1. The van der Waals surface area contributed by atoms with Crippen molar-refractivity contribution in [3.63, 3.8) is 0 Å². The maximum atomic E-state index is 13.2. The van der Waals surface area contributed by atoms with Crippen LogP contribution in [0.15, 0.2) is 47.2 Å². The number of carbonyl (C=O) groups excluding carboxylic acids is 1. The Hall–Kier alpha value is -2.74. The molecule has 1 N–H and O–H groups in total.